The maximum Gasteiger partial charge on any atom is 0.266 e. The van der Waals surface area contributed by atoms with Crippen molar-refractivity contribution in [1.29, 1.82) is 0 Å². The summed E-state index contributed by atoms with van der Waals surface area (Å²) in [7, 11) is 0. The number of amides is 2. The van der Waals surface area contributed by atoms with Crippen LogP contribution < -0.4 is 5.32 Å². The van der Waals surface area contributed by atoms with Crippen LogP contribution in [-0.2, 0) is 16.0 Å². The molecule has 2 aromatic carbocycles. The van der Waals surface area contributed by atoms with Gasteiger partial charge < -0.3 is 5.32 Å². The van der Waals surface area contributed by atoms with Crippen molar-refractivity contribution in [2.45, 2.75) is 12.8 Å². The first kappa shape index (κ1) is 23.6. The van der Waals surface area contributed by atoms with E-state index in [1.54, 1.807) is 24.4 Å². The number of halogens is 2. The van der Waals surface area contributed by atoms with E-state index in [0.29, 0.717) is 31.4 Å². The Bertz CT molecular complexity index is 1230. The maximum absolute atomic E-state index is 13.1. The molecule has 1 N–H and O–H groups in total. The highest BCUT2D eigenvalue weighted by Crippen LogP contribution is 2.32. The fourth-order valence-corrected chi connectivity index (χ4v) is 5.35. The number of thiazole rings is 1. The Kier molecular flexibility index (Phi) is 7.54. The predicted octanol–water partition coefficient (Wildman–Crippen LogP) is 5.76. The third-order valence-electron chi connectivity index (χ3n) is 4.70. The Morgan fingerprint density at radius 3 is 2.64 bits per heavy atom. The molecule has 4 rings (SSSR count). The minimum Gasteiger partial charge on any atom is -0.302 e. The lowest BCUT2D eigenvalue weighted by atomic mass is 10.1. The molecule has 10 heteroatoms. The van der Waals surface area contributed by atoms with E-state index in [1.165, 1.54) is 40.1 Å². The zero-order chi connectivity index (χ0) is 23.4. The second kappa shape index (κ2) is 10.6. The average molecular weight is 518 g/mol. The van der Waals surface area contributed by atoms with Crippen LogP contribution in [0.2, 0.25) is 5.02 Å². The van der Waals surface area contributed by atoms with E-state index in [1.807, 2.05) is 24.3 Å². The Hall–Kier alpha value is -2.59. The SMILES string of the molecule is O=C(CCN1C(=O)/C(=C\c2ccc(F)cc2)SC1=S)Nc1ncc(Cc2ccc(Cl)cc2)s1. The van der Waals surface area contributed by atoms with Crippen molar-refractivity contribution in [2.24, 2.45) is 0 Å². The number of nitrogens with one attached hydrogen (secondary N) is 1. The number of hydrogen-bond donors (Lipinski definition) is 1. The number of anilines is 1. The maximum atomic E-state index is 13.1. The van der Waals surface area contributed by atoms with Gasteiger partial charge in [-0.05, 0) is 41.5 Å². The summed E-state index contributed by atoms with van der Waals surface area (Å²) in [5, 5.41) is 3.97. The normalized spacial score (nSPS) is 14.8. The van der Waals surface area contributed by atoms with E-state index in [9.17, 15) is 14.0 Å². The minimum absolute atomic E-state index is 0.0857. The molecule has 0 radical (unpaired) electrons. The number of carbonyl (C=O) groups excluding carboxylic acids is 2. The quantitative estimate of drug-likeness (QED) is 0.319. The minimum atomic E-state index is -0.344. The molecule has 3 aromatic rings. The lowest BCUT2D eigenvalue weighted by Crippen LogP contribution is -2.31. The molecule has 0 unspecified atom stereocenters. The largest absolute Gasteiger partial charge is 0.302 e. The van der Waals surface area contributed by atoms with E-state index < -0.39 is 0 Å². The Balaban J connectivity index is 1.30. The fraction of sp³-hybridized carbons (Fsp3) is 0.130. The van der Waals surface area contributed by atoms with Crippen LogP contribution in [0.25, 0.3) is 6.08 Å². The van der Waals surface area contributed by atoms with Gasteiger partial charge in [-0.25, -0.2) is 9.37 Å². The van der Waals surface area contributed by atoms with Gasteiger partial charge in [-0.1, -0.05) is 59.8 Å². The van der Waals surface area contributed by atoms with Crippen LogP contribution >= 0.6 is 46.9 Å². The van der Waals surface area contributed by atoms with Crippen LogP contribution in [0, 0.1) is 5.82 Å². The molecule has 1 aromatic heterocycles. The van der Waals surface area contributed by atoms with E-state index in [0.717, 1.165) is 10.4 Å². The standard InChI is InChI=1S/C23H17ClFN3O2S3/c24-16-5-1-14(2-6-16)11-18-13-26-22(32-18)27-20(29)9-10-28-21(30)19(33-23(28)31)12-15-3-7-17(25)8-4-15/h1-8,12-13H,9-11H2,(H,26,27,29)/b19-12+. The lowest BCUT2D eigenvalue weighted by Gasteiger charge is -2.13. The van der Waals surface area contributed by atoms with Gasteiger partial charge in [0.2, 0.25) is 5.91 Å². The second-order valence-corrected chi connectivity index (χ2v) is 10.3. The molecule has 168 valence electrons. The van der Waals surface area contributed by atoms with Crippen molar-refractivity contribution < 1.29 is 14.0 Å². The summed E-state index contributed by atoms with van der Waals surface area (Å²) < 4.78 is 13.5. The van der Waals surface area contributed by atoms with Crippen LogP contribution in [0.1, 0.15) is 22.4 Å². The summed E-state index contributed by atoms with van der Waals surface area (Å²) in [6, 6.07) is 13.4. The van der Waals surface area contributed by atoms with Gasteiger partial charge >= 0.3 is 0 Å². The molecule has 1 saturated heterocycles. The van der Waals surface area contributed by atoms with Gasteiger partial charge in [0.25, 0.3) is 5.91 Å². The number of thiocarbonyl (C=S) groups is 1. The van der Waals surface area contributed by atoms with Crippen molar-refractivity contribution in [1.82, 2.24) is 9.88 Å². The monoisotopic (exact) mass is 517 g/mol. The summed E-state index contributed by atoms with van der Waals surface area (Å²) in [5.74, 6) is -0.858. The van der Waals surface area contributed by atoms with Crippen LogP contribution in [0.15, 0.2) is 59.6 Å². The lowest BCUT2D eigenvalue weighted by molar-refractivity contribution is -0.122. The summed E-state index contributed by atoms with van der Waals surface area (Å²) in [6.07, 6.45) is 4.18. The third-order valence-corrected chi connectivity index (χ3v) is 7.24. The first-order chi connectivity index (χ1) is 15.9. The van der Waals surface area contributed by atoms with Crippen molar-refractivity contribution in [2.75, 3.05) is 11.9 Å². The first-order valence-electron chi connectivity index (χ1n) is 9.87. The molecule has 2 heterocycles. The molecule has 1 fully saturated rings. The second-order valence-electron chi connectivity index (χ2n) is 7.12. The van der Waals surface area contributed by atoms with Gasteiger partial charge in [-0.15, -0.1) is 11.3 Å². The zero-order valence-corrected chi connectivity index (χ0v) is 20.3. The number of rotatable bonds is 7. The van der Waals surface area contributed by atoms with Gasteiger partial charge in [-0.3, -0.25) is 14.5 Å². The predicted molar refractivity (Wildman–Crippen MR) is 136 cm³/mol. The number of hydrogen-bond acceptors (Lipinski definition) is 6. The zero-order valence-electron chi connectivity index (χ0n) is 17.1. The molecule has 5 nitrogen and oxygen atoms in total. The molecule has 0 spiro atoms. The summed E-state index contributed by atoms with van der Waals surface area (Å²) in [4.78, 5) is 32.2. The number of aromatic nitrogens is 1. The Morgan fingerprint density at radius 1 is 1.18 bits per heavy atom. The van der Waals surface area contributed by atoms with Crippen LogP contribution in [0.5, 0.6) is 0 Å². The highest BCUT2D eigenvalue weighted by molar-refractivity contribution is 8.26. The summed E-state index contributed by atoms with van der Waals surface area (Å²) in [5.41, 5.74) is 1.80. The molecule has 2 amide bonds. The molecule has 1 aliphatic rings. The molecular weight excluding hydrogens is 501 g/mol. The summed E-state index contributed by atoms with van der Waals surface area (Å²) in [6.45, 7) is 0.167. The van der Waals surface area contributed by atoms with Crippen LogP contribution in [-0.4, -0.2) is 32.6 Å². The Morgan fingerprint density at radius 2 is 1.91 bits per heavy atom. The van der Waals surface area contributed by atoms with Gasteiger partial charge in [0.05, 0.1) is 4.91 Å². The van der Waals surface area contributed by atoms with E-state index in [2.05, 4.69) is 10.3 Å². The smallest absolute Gasteiger partial charge is 0.266 e. The van der Waals surface area contributed by atoms with Gasteiger partial charge in [0.1, 0.15) is 10.1 Å². The van der Waals surface area contributed by atoms with Crippen LogP contribution in [0.3, 0.4) is 0 Å². The molecule has 0 aliphatic carbocycles. The highest BCUT2D eigenvalue weighted by Gasteiger charge is 2.32. The summed E-state index contributed by atoms with van der Waals surface area (Å²) >= 11 is 13.8. The molecule has 33 heavy (non-hydrogen) atoms. The van der Waals surface area contributed by atoms with E-state index in [4.69, 9.17) is 23.8 Å². The molecule has 0 bridgehead atoms. The molecular formula is C23H17ClFN3O2S3. The Labute approximate surface area is 208 Å². The van der Waals surface area contributed by atoms with Gasteiger partial charge in [0, 0.05) is 35.5 Å². The van der Waals surface area contributed by atoms with Gasteiger partial charge in [-0.2, -0.15) is 0 Å². The fourth-order valence-electron chi connectivity index (χ4n) is 3.05. The topological polar surface area (TPSA) is 62.3 Å². The van der Waals surface area contributed by atoms with Crippen molar-refractivity contribution in [3.63, 3.8) is 0 Å². The van der Waals surface area contributed by atoms with Crippen molar-refractivity contribution in [3.8, 4) is 0 Å². The highest BCUT2D eigenvalue weighted by atomic mass is 35.5. The van der Waals surface area contributed by atoms with E-state index >= 15 is 0 Å². The average Bonchev–Trinajstić information content (AvgIpc) is 3.33. The number of nitrogens with zero attached hydrogens (tertiary/aromatic N) is 2. The number of carbonyl (C=O) groups is 2. The number of benzene rings is 2. The molecule has 0 atom stereocenters. The van der Waals surface area contributed by atoms with E-state index in [-0.39, 0.29) is 30.6 Å². The van der Waals surface area contributed by atoms with Crippen LogP contribution in [0.4, 0.5) is 9.52 Å². The van der Waals surface area contributed by atoms with Gasteiger partial charge in [0.15, 0.2) is 5.13 Å². The molecule has 0 saturated carbocycles. The molecule has 1 aliphatic heterocycles. The van der Waals surface area contributed by atoms with Crippen molar-refractivity contribution in [3.05, 3.63) is 86.5 Å². The first-order valence-corrected chi connectivity index (χ1v) is 12.3. The number of thioether (sulfide) groups is 1. The third kappa shape index (κ3) is 6.26. The van der Waals surface area contributed by atoms with Crippen molar-refractivity contribution >= 4 is 74.3 Å².